The summed E-state index contributed by atoms with van der Waals surface area (Å²) in [6.07, 6.45) is 0. The molecule has 2 aromatic rings. The topological polar surface area (TPSA) is 67.8 Å². The predicted octanol–water partition coefficient (Wildman–Crippen LogP) is 3.56. The third kappa shape index (κ3) is 4.09. The van der Waals surface area contributed by atoms with Crippen LogP contribution in [0.25, 0.3) is 0 Å². The van der Waals surface area contributed by atoms with E-state index in [4.69, 9.17) is 4.74 Å². The van der Waals surface area contributed by atoms with Gasteiger partial charge in [0.05, 0.1) is 12.8 Å². The van der Waals surface area contributed by atoms with Crippen molar-refractivity contribution in [3.05, 3.63) is 47.5 Å². The lowest BCUT2D eigenvalue weighted by Crippen LogP contribution is -2.12. The Hall–Kier alpha value is -2.83. The second-order valence-electron chi connectivity index (χ2n) is 4.72. The molecular weight excluding hydrogens is 308 g/mol. The van der Waals surface area contributed by atoms with Crippen molar-refractivity contribution in [1.82, 2.24) is 0 Å². The zero-order chi connectivity index (χ0) is 17.0. The van der Waals surface area contributed by atoms with Crippen molar-refractivity contribution in [3.8, 4) is 17.2 Å². The van der Waals surface area contributed by atoms with Crippen molar-refractivity contribution in [2.45, 2.75) is 13.5 Å². The smallest absolute Gasteiger partial charge is 0.387 e. The molecule has 0 saturated carbocycles. The summed E-state index contributed by atoms with van der Waals surface area (Å²) in [7, 11) is 1.28. The van der Waals surface area contributed by atoms with Gasteiger partial charge in [0.15, 0.2) is 11.5 Å². The van der Waals surface area contributed by atoms with E-state index in [0.717, 1.165) is 5.56 Å². The molecule has 0 radical (unpaired) electrons. The lowest BCUT2D eigenvalue weighted by molar-refractivity contribution is -0.0512. The average Bonchev–Trinajstić information content (AvgIpc) is 2.49. The second kappa shape index (κ2) is 6.95. The molecule has 0 saturated heterocycles. The van der Waals surface area contributed by atoms with Crippen molar-refractivity contribution in [1.29, 1.82) is 0 Å². The van der Waals surface area contributed by atoms with Gasteiger partial charge in [-0.05, 0) is 42.8 Å². The number of benzene rings is 2. The van der Waals surface area contributed by atoms with Crippen LogP contribution in [0.5, 0.6) is 17.2 Å². The van der Waals surface area contributed by atoms with Gasteiger partial charge < -0.3 is 19.9 Å². The van der Waals surface area contributed by atoms with E-state index in [1.54, 1.807) is 19.1 Å². The molecule has 2 aromatic carbocycles. The fourth-order valence-corrected chi connectivity index (χ4v) is 1.94. The molecule has 5 nitrogen and oxygen atoms in total. The molecule has 0 unspecified atom stereocenters. The number of hydrogen-bond acceptors (Lipinski definition) is 4. The highest BCUT2D eigenvalue weighted by Crippen LogP contribution is 2.30. The summed E-state index contributed by atoms with van der Waals surface area (Å²) in [6, 6.07) is 8.62. The number of amides is 1. The van der Waals surface area contributed by atoms with E-state index < -0.39 is 12.5 Å². The molecule has 0 aliphatic heterocycles. The molecule has 0 heterocycles. The Kier molecular flexibility index (Phi) is 5.00. The summed E-state index contributed by atoms with van der Waals surface area (Å²) in [4.78, 5) is 12.2. The molecule has 0 atom stereocenters. The number of carbonyl (C=O) groups is 1. The van der Waals surface area contributed by atoms with E-state index in [0.29, 0.717) is 0 Å². The van der Waals surface area contributed by atoms with Gasteiger partial charge in [-0.25, -0.2) is 0 Å². The molecule has 1 amide bonds. The number of nitrogens with one attached hydrogen (secondary N) is 1. The minimum atomic E-state index is -2.99. The van der Waals surface area contributed by atoms with E-state index in [9.17, 15) is 18.7 Å². The summed E-state index contributed by atoms with van der Waals surface area (Å²) in [6.45, 7) is -1.19. The van der Waals surface area contributed by atoms with E-state index in [1.807, 2.05) is 0 Å². The standard InChI is InChI=1S/C16H15F2NO4/c1-9-3-5-11(12(20)7-9)19-15(21)10-4-6-13(23-16(17)18)14(8-10)22-2/h3-8,16,20H,1-2H3,(H,19,21). The van der Waals surface area contributed by atoms with Crippen LogP contribution in [-0.4, -0.2) is 24.7 Å². The molecule has 122 valence electrons. The molecule has 0 spiro atoms. The maximum Gasteiger partial charge on any atom is 0.387 e. The van der Waals surface area contributed by atoms with Crippen molar-refractivity contribution in [2.75, 3.05) is 12.4 Å². The fourth-order valence-electron chi connectivity index (χ4n) is 1.94. The normalized spacial score (nSPS) is 10.5. The first-order valence-corrected chi connectivity index (χ1v) is 6.64. The van der Waals surface area contributed by atoms with Crippen molar-refractivity contribution in [3.63, 3.8) is 0 Å². The van der Waals surface area contributed by atoms with Crippen LogP contribution in [-0.2, 0) is 0 Å². The zero-order valence-corrected chi connectivity index (χ0v) is 12.5. The van der Waals surface area contributed by atoms with Crippen LogP contribution in [0.15, 0.2) is 36.4 Å². The number of halogens is 2. The molecule has 0 bridgehead atoms. The van der Waals surface area contributed by atoms with Gasteiger partial charge in [0.2, 0.25) is 0 Å². The first-order chi connectivity index (χ1) is 10.9. The third-order valence-electron chi connectivity index (χ3n) is 3.04. The van der Waals surface area contributed by atoms with E-state index in [1.165, 1.54) is 31.4 Å². The maximum absolute atomic E-state index is 12.3. The van der Waals surface area contributed by atoms with E-state index >= 15 is 0 Å². The number of anilines is 1. The van der Waals surface area contributed by atoms with Gasteiger partial charge >= 0.3 is 6.61 Å². The fraction of sp³-hybridized carbons (Fsp3) is 0.188. The van der Waals surface area contributed by atoms with Crippen LogP contribution in [0.4, 0.5) is 14.5 Å². The summed E-state index contributed by atoms with van der Waals surface area (Å²) in [5.41, 5.74) is 1.26. The lowest BCUT2D eigenvalue weighted by atomic mass is 10.1. The Morgan fingerprint density at radius 1 is 1.17 bits per heavy atom. The van der Waals surface area contributed by atoms with Crippen LogP contribution < -0.4 is 14.8 Å². The number of aryl methyl sites for hydroxylation is 1. The van der Waals surface area contributed by atoms with E-state index in [2.05, 4.69) is 10.1 Å². The van der Waals surface area contributed by atoms with Crippen LogP contribution in [0, 0.1) is 6.92 Å². The molecule has 0 aliphatic rings. The minimum absolute atomic E-state index is 0.00563. The van der Waals surface area contributed by atoms with Crippen LogP contribution in [0.3, 0.4) is 0 Å². The molecule has 23 heavy (non-hydrogen) atoms. The monoisotopic (exact) mass is 323 g/mol. The van der Waals surface area contributed by atoms with Crippen LogP contribution >= 0.6 is 0 Å². The molecule has 0 aliphatic carbocycles. The first kappa shape index (κ1) is 16.5. The summed E-state index contributed by atoms with van der Waals surface area (Å²) in [5.74, 6) is -0.752. The van der Waals surface area contributed by atoms with Gasteiger partial charge in [-0.2, -0.15) is 8.78 Å². The largest absolute Gasteiger partial charge is 0.506 e. The summed E-state index contributed by atoms with van der Waals surface area (Å²) < 4.78 is 33.8. The minimum Gasteiger partial charge on any atom is -0.506 e. The second-order valence-corrected chi connectivity index (χ2v) is 4.72. The van der Waals surface area contributed by atoms with Gasteiger partial charge in [-0.1, -0.05) is 6.07 Å². The number of hydrogen-bond donors (Lipinski definition) is 2. The zero-order valence-electron chi connectivity index (χ0n) is 12.5. The molecule has 0 aromatic heterocycles. The first-order valence-electron chi connectivity index (χ1n) is 6.64. The van der Waals surface area contributed by atoms with Gasteiger partial charge in [0, 0.05) is 5.56 Å². The van der Waals surface area contributed by atoms with Crippen molar-refractivity contribution < 1.29 is 28.2 Å². The van der Waals surface area contributed by atoms with Gasteiger partial charge in [0.25, 0.3) is 5.91 Å². The quantitative estimate of drug-likeness (QED) is 0.826. The Balaban J connectivity index is 2.22. The molecule has 2 rings (SSSR count). The molecule has 0 fully saturated rings. The summed E-state index contributed by atoms with van der Waals surface area (Å²) in [5, 5.41) is 12.3. The molecule has 2 N–H and O–H groups in total. The SMILES string of the molecule is COc1cc(C(=O)Nc2ccc(C)cc2O)ccc1OC(F)F. The highest BCUT2D eigenvalue weighted by molar-refractivity contribution is 6.05. The average molecular weight is 323 g/mol. The Morgan fingerprint density at radius 3 is 2.52 bits per heavy atom. The highest BCUT2D eigenvalue weighted by Gasteiger charge is 2.15. The Bertz CT molecular complexity index is 719. The molecular formula is C16H15F2NO4. The Morgan fingerprint density at radius 2 is 1.91 bits per heavy atom. The predicted molar refractivity (Wildman–Crippen MR) is 80.4 cm³/mol. The van der Waals surface area contributed by atoms with Gasteiger partial charge in [-0.15, -0.1) is 0 Å². The number of ether oxygens (including phenoxy) is 2. The number of alkyl halides is 2. The lowest BCUT2D eigenvalue weighted by Gasteiger charge is -2.12. The number of methoxy groups -OCH3 is 1. The molecule has 7 heteroatoms. The number of aromatic hydroxyl groups is 1. The van der Waals surface area contributed by atoms with Crippen molar-refractivity contribution >= 4 is 11.6 Å². The summed E-state index contributed by atoms with van der Waals surface area (Å²) >= 11 is 0. The van der Waals surface area contributed by atoms with E-state index in [-0.39, 0.29) is 28.5 Å². The van der Waals surface area contributed by atoms with Crippen LogP contribution in [0.1, 0.15) is 15.9 Å². The Labute approximate surface area is 131 Å². The number of phenolic OH excluding ortho intramolecular Hbond substituents is 1. The number of carbonyl (C=O) groups excluding carboxylic acids is 1. The third-order valence-corrected chi connectivity index (χ3v) is 3.04. The van der Waals surface area contributed by atoms with Crippen molar-refractivity contribution in [2.24, 2.45) is 0 Å². The van der Waals surface area contributed by atoms with Gasteiger partial charge in [-0.3, -0.25) is 4.79 Å². The number of rotatable bonds is 5. The highest BCUT2D eigenvalue weighted by atomic mass is 19.3. The van der Waals surface area contributed by atoms with Gasteiger partial charge in [0.1, 0.15) is 5.75 Å². The maximum atomic E-state index is 12.3. The van der Waals surface area contributed by atoms with Crippen LogP contribution in [0.2, 0.25) is 0 Å². The number of phenols is 1.